The van der Waals surface area contributed by atoms with Crippen LogP contribution in [0.3, 0.4) is 0 Å². The summed E-state index contributed by atoms with van der Waals surface area (Å²) in [5, 5.41) is 3.11. The zero-order valence-corrected chi connectivity index (χ0v) is 19.2. The van der Waals surface area contributed by atoms with Gasteiger partial charge in [0.15, 0.2) is 0 Å². The molecule has 2 aliphatic rings. The van der Waals surface area contributed by atoms with Gasteiger partial charge in [-0.25, -0.2) is 9.18 Å². The monoisotopic (exact) mass is 456 g/mol. The van der Waals surface area contributed by atoms with Crippen LogP contribution in [-0.2, 0) is 16.1 Å². The SMILES string of the molecule is COCCN(CC(=O)N1CCn2cccc2C1c1ccc(F)cc1)C(=O)NC1CCCCC1. The smallest absolute Gasteiger partial charge is 0.318 e. The zero-order chi connectivity index (χ0) is 23.2. The van der Waals surface area contributed by atoms with Crippen molar-refractivity contribution in [2.24, 2.45) is 0 Å². The molecule has 178 valence electrons. The second-order valence-electron chi connectivity index (χ2n) is 8.87. The number of hydrogen-bond acceptors (Lipinski definition) is 3. The van der Waals surface area contributed by atoms with Crippen molar-refractivity contribution in [3.63, 3.8) is 0 Å². The maximum atomic E-state index is 13.6. The number of carbonyl (C=O) groups excluding carboxylic acids is 2. The summed E-state index contributed by atoms with van der Waals surface area (Å²) in [6.45, 7) is 1.87. The molecule has 0 bridgehead atoms. The van der Waals surface area contributed by atoms with Gasteiger partial charge in [0.2, 0.25) is 5.91 Å². The Balaban J connectivity index is 1.51. The number of hydrogen-bond donors (Lipinski definition) is 1. The summed E-state index contributed by atoms with van der Waals surface area (Å²) in [6.07, 6.45) is 7.40. The molecule has 1 saturated carbocycles. The van der Waals surface area contributed by atoms with Gasteiger partial charge in [0.1, 0.15) is 12.4 Å². The van der Waals surface area contributed by atoms with Crippen molar-refractivity contribution in [2.75, 3.05) is 33.4 Å². The van der Waals surface area contributed by atoms with E-state index in [1.165, 1.54) is 18.6 Å². The summed E-state index contributed by atoms with van der Waals surface area (Å²) in [4.78, 5) is 29.9. The summed E-state index contributed by atoms with van der Waals surface area (Å²) < 4.78 is 20.9. The molecule has 3 amide bonds. The molecule has 33 heavy (non-hydrogen) atoms. The molecule has 1 aromatic heterocycles. The summed E-state index contributed by atoms with van der Waals surface area (Å²) in [6, 6.07) is 9.86. The molecule has 0 spiro atoms. The number of carbonyl (C=O) groups is 2. The minimum atomic E-state index is -0.326. The molecule has 1 fully saturated rings. The third-order valence-corrected chi connectivity index (χ3v) is 6.66. The van der Waals surface area contributed by atoms with Gasteiger partial charge in [0.25, 0.3) is 0 Å². The minimum Gasteiger partial charge on any atom is -0.383 e. The fourth-order valence-electron chi connectivity index (χ4n) is 4.87. The van der Waals surface area contributed by atoms with Crippen LogP contribution in [0.25, 0.3) is 0 Å². The standard InChI is InChI=1S/C25H33FN4O3/c1-33-17-16-29(25(32)27-21-6-3-2-4-7-21)18-23(31)30-15-14-28-13-5-8-22(28)24(30)19-9-11-20(26)12-10-19/h5,8-13,21,24H,2-4,6-7,14-18H2,1H3,(H,27,32). The first-order chi connectivity index (χ1) is 16.1. The molecule has 2 heterocycles. The Morgan fingerprint density at radius 1 is 1.12 bits per heavy atom. The number of benzene rings is 1. The molecule has 1 atom stereocenters. The van der Waals surface area contributed by atoms with Gasteiger partial charge < -0.3 is 24.4 Å². The lowest BCUT2D eigenvalue weighted by Crippen LogP contribution is -2.52. The van der Waals surface area contributed by atoms with Crippen LogP contribution in [0.4, 0.5) is 9.18 Å². The van der Waals surface area contributed by atoms with Crippen LogP contribution in [-0.4, -0.2) is 65.7 Å². The molecule has 8 heteroatoms. The Bertz CT molecular complexity index is 939. The van der Waals surface area contributed by atoms with Gasteiger partial charge in [-0.15, -0.1) is 0 Å². The average Bonchev–Trinajstić information content (AvgIpc) is 3.31. The number of fused-ring (bicyclic) bond motifs is 1. The van der Waals surface area contributed by atoms with Crippen LogP contribution in [0.1, 0.15) is 49.4 Å². The van der Waals surface area contributed by atoms with Crippen molar-refractivity contribution >= 4 is 11.9 Å². The number of rotatable bonds is 7. The van der Waals surface area contributed by atoms with E-state index in [9.17, 15) is 14.0 Å². The lowest BCUT2D eigenvalue weighted by molar-refractivity contribution is -0.134. The number of nitrogens with one attached hydrogen (secondary N) is 1. The Morgan fingerprint density at radius 3 is 2.61 bits per heavy atom. The number of nitrogens with zero attached hydrogens (tertiary/aromatic N) is 3. The van der Waals surface area contributed by atoms with Gasteiger partial charge in [-0.3, -0.25) is 4.79 Å². The molecular formula is C25H33FN4O3. The van der Waals surface area contributed by atoms with Crippen LogP contribution in [0.2, 0.25) is 0 Å². The maximum absolute atomic E-state index is 13.6. The normalized spacial score (nSPS) is 18.6. The number of halogens is 1. The fourth-order valence-corrected chi connectivity index (χ4v) is 4.87. The summed E-state index contributed by atoms with van der Waals surface area (Å²) in [5.41, 5.74) is 1.83. The third kappa shape index (κ3) is 5.55. The molecule has 7 nitrogen and oxygen atoms in total. The van der Waals surface area contributed by atoms with E-state index in [0.29, 0.717) is 26.2 Å². The van der Waals surface area contributed by atoms with E-state index in [0.717, 1.165) is 36.9 Å². The minimum absolute atomic E-state index is 0.0275. The molecule has 1 aromatic carbocycles. The van der Waals surface area contributed by atoms with Crippen LogP contribution >= 0.6 is 0 Å². The summed E-state index contributed by atoms with van der Waals surface area (Å²) in [7, 11) is 1.59. The van der Waals surface area contributed by atoms with Crippen molar-refractivity contribution < 1.29 is 18.7 Å². The number of amides is 3. The van der Waals surface area contributed by atoms with E-state index in [-0.39, 0.29) is 36.4 Å². The lowest BCUT2D eigenvalue weighted by atomic mass is 9.96. The summed E-state index contributed by atoms with van der Waals surface area (Å²) in [5.74, 6) is -0.445. The van der Waals surface area contributed by atoms with E-state index in [1.54, 1.807) is 29.0 Å². The van der Waals surface area contributed by atoms with Crippen molar-refractivity contribution in [3.05, 3.63) is 59.7 Å². The van der Waals surface area contributed by atoms with E-state index < -0.39 is 0 Å². The highest BCUT2D eigenvalue weighted by molar-refractivity contribution is 5.85. The fraction of sp³-hybridized carbons (Fsp3) is 0.520. The largest absolute Gasteiger partial charge is 0.383 e. The first-order valence-corrected chi connectivity index (χ1v) is 11.8. The van der Waals surface area contributed by atoms with Crippen LogP contribution < -0.4 is 5.32 Å². The highest BCUT2D eigenvalue weighted by atomic mass is 19.1. The van der Waals surface area contributed by atoms with E-state index in [2.05, 4.69) is 9.88 Å². The first kappa shape index (κ1) is 23.3. The Kier molecular flexibility index (Phi) is 7.65. The van der Waals surface area contributed by atoms with E-state index in [1.807, 2.05) is 18.3 Å². The molecule has 1 aliphatic heterocycles. The van der Waals surface area contributed by atoms with Gasteiger partial charge in [-0.2, -0.15) is 0 Å². The van der Waals surface area contributed by atoms with E-state index in [4.69, 9.17) is 4.74 Å². The van der Waals surface area contributed by atoms with Crippen molar-refractivity contribution in [2.45, 2.75) is 50.7 Å². The second kappa shape index (κ2) is 10.8. The molecule has 1 N–H and O–H groups in total. The number of methoxy groups -OCH3 is 1. The quantitative estimate of drug-likeness (QED) is 0.693. The van der Waals surface area contributed by atoms with Crippen LogP contribution in [0, 0.1) is 5.82 Å². The van der Waals surface area contributed by atoms with Gasteiger partial charge >= 0.3 is 6.03 Å². The molecule has 2 aromatic rings. The average molecular weight is 457 g/mol. The van der Waals surface area contributed by atoms with Crippen molar-refractivity contribution in [1.82, 2.24) is 19.7 Å². The molecule has 1 aliphatic carbocycles. The Morgan fingerprint density at radius 2 is 1.88 bits per heavy atom. The zero-order valence-electron chi connectivity index (χ0n) is 19.2. The maximum Gasteiger partial charge on any atom is 0.318 e. The van der Waals surface area contributed by atoms with Gasteiger partial charge in [0.05, 0.1) is 12.6 Å². The first-order valence-electron chi connectivity index (χ1n) is 11.8. The van der Waals surface area contributed by atoms with Crippen LogP contribution in [0.15, 0.2) is 42.6 Å². The molecule has 0 radical (unpaired) electrons. The lowest BCUT2D eigenvalue weighted by Gasteiger charge is -2.38. The Labute approximate surface area is 194 Å². The predicted octanol–water partition coefficient (Wildman–Crippen LogP) is 3.55. The predicted molar refractivity (Wildman–Crippen MR) is 123 cm³/mol. The number of ether oxygens (including phenoxy) is 1. The van der Waals surface area contributed by atoms with Gasteiger partial charge in [-0.1, -0.05) is 31.4 Å². The van der Waals surface area contributed by atoms with E-state index >= 15 is 0 Å². The molecule has 1 unspecified atom stereocenters. The number of urea groups is 1. The van der Waals surface area contributed by atoms with Gasteiger partial charge in [0, 0.05) is 44.7 Å². The topological polar surface area (TPSA) is 66.8 Å². The highest BCUT2D eigenvalue weighted by Gasteiger charge is 2.33. The van der Waals surface area contributed by atoms with Crippen molar-refractivity contribution in [3.8, 4) is 0 Å². The molecule has 4 rings (SSSR count). The Hall–Kier alpha value is -2.87. The third-order valence-electron chi connectivity index (χ3n) is 6.66. The highest BCUT2D eigenvalue weighted by Crippen LogP contribution is 2.32. The van der Waals surface area contributed by atoms with Crippen LogP contribution in [0.5, 0.6) is 0 Å². The molecule has 0 saturated heterocycles. The molecular weight excluding hydrogens is 423 g/mol. The number of aromatic nitrogens is 1. The van der Waals surface area contributed by atoms with Gasteiger partial charge in [-0.05, 0) is 42.7 Å². The second-order valence-corrected chi connectivity index (χ2v) is 8.87. The summed E-state index contributed by atoms with van der Waals surface area (Å²) >= 11 is 0. The van der Waals surface area contributed by atoms with Crippen molar-refractivity contribution in [1.29, 1.82) is 0 Å².